The molecule has 0 aromatic rings. The lowest BCUT2D eigenvalue weighted by atomic mass is 10.1. The molecule has 1 saturated heterocycles. The van der Waals surface area contributed by atoms with Gasteiger partial charge in [0.15, 0.2) is 0 Å². The number of rotatable bonds is 5. The third kappa shape index (κ3) is 3.67. The number of carboxylic acid groups (broad SMARTS) is 1. The molecule has 0 aliphatic carbocycles. The normalized spacial score (nSPS) is 22.7. The first-order valence-electron chi connectivity index (χ1n) is 5.71. The standard InChI is InChI=1S/C10H18N2O5S/c1-7(10(14)15)6-11-9(13)8-4-3-5-12(8)18(2,16)17/h7-8H,3-6H2,1-2H3,(H,11,13)(H,14,15). The quantitative estimate of drug-likeness (QED) is 0.688. The average Bonchev–Trinajstić information content (AvgIpc) is 2.73. The van der Waals surface area contributed by atoms with Crippen LogP contribution in [-0.2, 0) is 19.6 Å². The number of hydrogen-bond donors (Lipinski definition) is 2. The molecular formula is C10H18N2O5S. The Morgan fingerprint density at radius 1 is 1.50 bits per heavy atom. The van der Waals surface area contributed by atoms with Crippen LogP contribution in [0.3, 0.4) is 0 Å². The van der Waals surface area contributed by atoms with Gasteiger partial charge in [-0.25, -0.2) is 8.42 Å². The van der Waals surface area contributed by atoms with Gasteiger partial charge < -0.3 is 10.4 Å². The van der Waals surface area contributed by atoms with Gasteiger partial charge in [-0.05, 0) is 12.8 Å². The Morgan fingerprint density at radius 2 is 2.11 bits per heavy atom. The molecule has 2 unspecified atom stereocenters. The summed E-state index contributed by atoms with van der Waals surface area (Å²) in [5, 5.41) is 11.2. The summed E-state index contributed by atoms with van der Waals surface area (Å²) in [5.74, 6) is -2.12. The summed E-state index contributed by atoms with van der Waals surface area (Å²) in [6.07, 6.45) is 2.18. The van der Waals surface area contributed by atoms with Crippen molar-refractivity contribution in [1.82, 2.24) is 9.62 Å². The minimum atomic E-state index is -3.40. The Balaban J connectivity index is 2.59. The van der Waals surface area contributed by atoms with Crippen molar-refractivity contribution in [3.05, 3.63) is 0 Å². The number of amides is 1. The Hall–Kier alpha value is -1.15. The molecule has 1 rings (SSSR count). The number of sulfonamides is 1. The molecule has 0 spiro atoms. The number of nitrogens with zero attached hydrogens (tertiary/aromatic N) is 1. The molecule has 2 atom stereocenters. The summed E-state index contributed by atoms with van der Waals surface area (Å²) in [6, 6.07) is -0.707. The Morgan fingerprint density at radius 3 is 2.61 bits per heavy atom. The fraction of sp³-hybridized carbons (Fsp3) is 0.800. The third-order valence-corrected chi connectivity index (χ3v) is 4.23. The van der Waals surface area contributed by atoms with Gasteiger partial charge in [0, 0.05) is 13.1 Å². The molecule has 104 valence electrons. The van der Waals surface area contributed by atoms with Crippen molar-refractivity contribution in [2.24, 2.45) is 5.92 Å². The van der Waals surface area contributed by atoms with Gasteiger partial charge in [0.05, 0.1) is 12.2 Å². The summed E-state index contributed by atoms with van der Waals surface area (Å²) in [6.45, 7) is 1.82. The molecule has 0 aromatic heterocycles. The Labute approximate surface area is 106 Å². The highest BCUT2D eigenvalue weighted by atomic mass is 32.2. The van der Waals surface area contributed by atoms with E-state index in [1.54, 1.807) is 0 Å². The van der Waals surface area contributed by atoms with E-state index in [0.29, 0.717) is 19.4 Å². The molecular weight excluding hydrogens is 260 g/mol. The third-order valence-electron chi connectivity index (χ3n) is 2.94. The van der Waals surface area contributed by atoms with Crippen LogP contribution in [0.5, 0.6) is 0 Å². The summed E-state index contributed by atoms with van der Waals surface area (Å²) in [4.78, 5) is 22.4. The van der Waals surface area contributed by atoms with Crippen molar-refractivity contribution >= 4 is 21.9 Å². The van der Waals surface area contributed by atoms with Gasteiger partial charge in [0.25, 0.3) is 0 Å². The number of carbonyl (C=O) groups excluding carboxylic acids is 1. The first-order valence-corrected chi connectivity index (χ1v) is 7.55. The largest absolute Gasteiger partial charge is 0.481 e. The first kappa shape index (κ1) is 14.9. The summed E-state index contributed by atoms with van der Waals surface area (Å²) >= 11 is 0. The highest BCUT2D eigenvalue weighted by Crippen LogP contribution is 2.20. The molecule has 0 bridgehead atoms. The number of aliphatic carboxylic acids is 1. The molecule has 1 aliphatic heterocycles. The van der Waals surface area contributed by atoms with Crippen molar-refractivity contribution < 1.29 is 23.1 Å². The average molecular weight is 278 g/mol. The van der Waals surface area contributed by atoms with Crippen LogP contribution in [0.4, 0.5) is 0 Å². The molecule has 18 heavy (non-hydrogen) atoms. The smallest absolute Gasteiger partial charge is 0.308 e. The molecule has 1 heterocycles. The zero-order chi connectivity index (χ0) is 13.9. The molecule has 1 aliphatic rings. The van der Waals surface area contributed by atoms with E-state index in [1.165, 1.54) is 6.92 Å². The monoisotopic (exact) mass is 278 g/mol. The first-order chi connectivity index (χ1) is 8.23. The lowest BCUT2D eigenvalue weighted by Crippen LogP contribution is -2.46. The topological polar surface area (TPSA) is 104 Å². The van der Waals surface area contributed by atoms with Gasteiger partial charge in [-0.15, -0.1) is 0 Å². The second kappa shape index (κ2) is 5.66. The lowest BCUT2D eigenvalue weighted by molar-refractivity contribution is -0.141. The van der Waals surface area contributed by atoms with Crippen molar-refractivity contribution in [2.75, 3.05) is 19.3 Å². The van der Waals surface area contributed by atoms with E-state index in [4.69, 9.17) is 5.11 Å². The Kier molecular flexibility index (Phi) is 4.69. The van der Waals surface area contributed by atoms with Crippen LogP contribution >= 0.6 is 0 Å². The number of carboxylic acids is 1. The molecule has 0 aromatic carbocycles. The maximum absolute atomic E-state index is 11.8. The second-order valence-corrected chi connectivity index (χ2v) is 6.45. The molecule has 1 fully saturated rings. The zero-order valence-electron chi connectivity index (χ0n) is 10.4. The van der Waals surface area contributed by atoms with Crippen LogP contribution in [-0.4, -0.2) is 55.1 Å². The summed E-state index contributed by atoms with van der Waals surface area (Å²) < 4.78 is 24.1. The number of nitrogens with one attached hydrogen (secondary N) is 1. The van der Waals surface area contributed by atoms with Crippen molar-refractivity contribution in [3.63, 3.8) is 0 Å². The van der Waals surface area contributed by atoms with Gasteiger partial charge in [0.1, 0.15) is 6.04 Å². The minimum absolute atomic E-state index is 0.00225. The lowest BCUT2D eigenvalue weighted by Gasteiger charge is -2.21. The molecule has 1 amide bonds. The van der Waals surface area contributed by atoms with E-state index in [1.807, 2.05) is 0 Å². The van der Waals surface area contributed by atoms with Gasteiger partial charge >= 0.3 is 5.97 Å². The van der Waals surface area contributed by atoms with Crippen LogP contribution in [0.15, 0.2) is 0 Å². The van der Waals surface area contributed by atoms with E-state index in [0.717, 1.165) is 10.6 Å². The minimum Gasteiger partial charge on any atom is -0.481 e. The van der Waals surface area contributed by atoms with Crippen LogP contribution < -0.4 is 5.32 Å². The molecule has 2 N–H and O–H groups in total. The molecule has 0 radical (unpaired) electrons. The fourth-order valence-corrected chi connectivity index (χ4v) is 2.98. The zero-order valence-corrected chi connectivity index (χ0v) is 11.2. The van der Waals surface area contributed by atoms with E-state index in [2.05, 4.69) is 5.32 Å². The van der Waals surface area contributed by atoms with E-state index in [9.17, 15) is 18.0 Å². The highest BCUT2D eigenvalue weighted by Gasteiger charge is 2.36. The second-order valence-electron chi connectivity index (χ2n) is 4.52. The maximum atomic E-state index is 11.8. The van der Waals surface area contributed by atoms with E-state index < -0.39 is 33.9 Å². The molecule has 7 nitrogen and oxygen atoms in total. The van der Waals surface area contributed by atoms with Gasteiger partial charge in [-0.2, -0.15) is 4.31 Å². The number of carbonyl (C=O) groups is 2. The summed E-state index contributed by atoms with van der Waals surface area (Å²) in [7, 11) is -3.40. The van der Waals surface area contributed by atoms with Crippen LogP contribution in [0, 0.1) is 5.92 Å². The van der Waals surface area contributed by atoms with Crippen molar-refractivity contribution in [3.8, 4) is 0 Å². The summed E-state index contributed by atoms with van der Waals surface area (Å²) in [5.41, 5.74) is 0. The SMILES string of the molecule is CC(CNC(=O)C1CCCN1S(C)(=O)=O)C(=O)O. The van der Waals surface area contributed by atoms with E-state index >= 15 is 0 Å². The number of hydrogen-bond acceptors (Lipinski definition) is 4. The van der Waals surface area contributed by atoms with E-state index in [-0.39, 0.29) is 6.54 Å². The predicted octanol–water partition coefficient (Wildman–Crippen LogP) is -0.753. The molecule has 8 heteroatoms. The van der Waals surface area contributed by atoms with Crippen LogP contribution in [0.1, 0.15) is 19.8 Å². The fourth-order valence-electron chi connectivity index (χ4n) is 1.86. The van der Waals surface area contributed by atoms with Crippen LogP contribution in [0.2, 0.25) is 0 Å². The van der Waals surface area contributed by atoms with Crippen molar-refractivity contribution in [1.29, 1.82) is 0 Å². The van der Waals surface area contributed by atoms with Gasteiger partial charge in [-0.3, -0.25) is 9.59 Å². The maximum Gasteiger partial charge on any atom is 0.308 e. The Bertz CT molecular complexity index is 434. The highest BCUT2D eigenvalue weighted by molar-refractivity contribution is 7.88. The van der Waals surface area contributed by atoms with Crippen molar-refractivity contribution in [2.45, 2.75) is 25.8 Å². The van der Waals surface area contributed by atoms with Gasteiger partial charge in [0.2, 0.25) is 15.9 Å². The van der Waals surface area contributed by atoms with Crippen LogP contribution in [0.25, 0.3) is 0 Å². The van der Waals surface area contributed by atoms with Gasteiger partial charge in [-0.1, -0.05) is 6.92 Å². The molecule has 0 saturated carbocycles. The predicted molar refractivity (Wildman–Crippen MR) is 64.4 cm³/mol.